The molecule has 0 amide bonds. The summed E-state index contributed by atoms with van der Waals surface area (Å²) in [7, 11) is 0. The molecule has 0 spiro atoms. The molecule has 0 aliphatic heterocycles. The molecule has 0 aliphatic rings. The fourth-order valence-electron chi connectivity index (χ4n) is 1.59. The molecule has 3 N–H and O–H groups in total. The topological polar surface area (TPSA) is 63.8 Å². The van der Waals surface area contributed by atoms with E-state index in [-0.39, 0.29) is 0 Å². The van der Waals surface area contributed by atoms with Crippen LogP contribution in [-0.4, -0.2) is 23.1 Å². The quantitative estimate of drug-likeness (QED) is 0.781. The molecule has 2 aromatic heterocycles. The third-order valence-electron chi connectivity index (χ3n) is 2.38. The molecule has 0 bridgehead atoms. The maximum atomic E-state index is 5.45. The average Bonchev–Trinajstić information content (AvgIpc) is 2.65. The van der Waals surface area contributed by atoms with E-state index in [0.717, 1.165) is 42.0 Å². The number of hydrogen-bond donors (Lipinski definition) is 2. The number of rotatable bonds is 5. The van der Waals surface area contributed by atoms with E-state index >= 15 is 0 Å². The van der Waals surface area contributed by atoms with Crippen molar-refractivity contribution < 1.29 is 0 Å². The van der Waals surface area contributed by atoms with Gasteiger partial charge in [-0.15, -0.1) is 11.3 Å². The van der Waals surface area contributed by atoms with E-state index in [1.165, 1.54) is 4.88 Å². The highest BCUT2D eigenvalue weighted by molar-refractivity contribution is 7.18. The molecule has 5 heteroatoms. The molecule has 16 heavy (non-hydrogen) atoms. The SMILES string of the molecule is Cc1cc2c(NCCCCN)ncnc2s1. The standard InChI is InChI=1S/C11H16N4S/c1-8-6-9-10(13-5-3-2-4-12)14-7-15-11(9)16-8/h6-7H,2-5,12H2,1H3,(H,13,14,15). The summed E-state index contributed by atoms with van der Waals surface area (Å²) in [6.45, 7) is 3.75. The van der Waals surface area contributed by atoms with Crippen molar-refractivity contribution in [3.8, 4) is 0 Å². The first-order valence-electron chi connectivity index (χ1n) is 5.46. The fraction of sp³-hybridized carbons (Fsp3) is 0.455. The molecule has 0 aromatic carbocycles. The lowest BCUT2D eigenvalue weighted by Crippen LogP contribution is -2.06. The van der Waals surface area contributed by atoms with Gasteiger partial charge in [0, 0.05) is 11.4 Å². The van der Waals surface area contributed by atoms with Crippen molar-refractivity contribution in [2.75, 3.05) is 18.4 Å². The second-order valence-corrected chi connectivity index (χ2v) is 4.96. The molecule has 0 aliphatic carbocycles. The zero-order valence-electron chi connectivity index (χ0n) is 9.36. The van der Waals surface area contributed by atoms with Crippen LogP contribution < -0.4 is 11.1 Å². The molecule has 0 fully saturated rings. The zero-order chi connectivity index (χ0) is 11.4. The van der Waals surface area contributed by atoms with Crippen LogP contribution in [0.5, 0.6) is 0 Å². The van der Waals surface area contributed by atoms with Gasteiger partial charge in [-0.1, -0.05) is 0 Å². The van der Waals surface area contributed by atoms with Crippen LogP contribution >= 0.6 is 11.3 Å². The Kier molecular flexibility index (Phi) is 3.69. The first-order valence-corrected chi connectivity index (χ1v) is 6.28. The number of anilines is 1. The zero-order valence-corrected chi connectivity index (χ0v) is 10.2. The third-order valence-corrected chi connectivity index (χ3v) is 3.33. The number of nitrogens with zero attached hydrogens (tertiary/aromatic N) is 2. The number of nitrogens with one attached hydrogen (secondary N) is 1. The number of hydrogen-bond acceptors (Lipinski definition) is 5. The summed E-state index contributed by atoms with van der Waals surface area (Å²) in [5.41, 5.74) is 5.45. The number of aryl methyl sites for hydroxylation is 1. The second-order valence-electron chi connectivity index (χ2n) is 3.72. The van der Waals surface area contributed by atoms with E-state index in [9.17, 15) is 0 Å². The van der Waals surface area contributed by atoms with E-state index in [2.05, 4.69) is 28.3 Å². The maximum Gasteiger partial charge on any atom is 0.138 e. The minimum atomic E-state index is 0.748. The largest absolute Gasteiger partial charge is 0.369 e. The van der Waals surface area contributed by atoms with Crippen molar-refractivity contribution in [3.63, 3.8) is 0 Å². The predicted octanol–water partition coefficient (Wildman–Crippen LogP) is 2.15. The Balaban J connectivity index is 2.11. The van der Waals surface area contributed by atoms with Gasteiger partial charge < -0.3 is 11.1 Å². The molecule has 2 heterocycles. The molecule has 0 atom stereocenters. The smallest absolute Gasteiger partial charge is 0.138 e. The van der Waals surface area contributed by atoms with Gasteiger partial charge in [0.15, 0.2) is 0 Å². The number of thiophene rings is 1. The summed E-state index contributed by atoms with van der Waals surface area (Å²) in [5.74, 6) is 0.936. The first kappa shape index (κ1) is 11.3. The first-order chi connectivity index (χ1) is 7.81. The lowest BCUT2D eigenvalue weighted by atomic mass is 10.3. The molecule has 0 saturated carbocycles. The van der Waals surface area contributed by atoms with Crippen molar-refractivity contribution in [2.24, 2.45) is 5.73 Å². The highest BCUT2D eigenvalue weighted by Crippen LogP contribution is 2.27. The Morgan fingerprint density at radius 2 is 2.25 bits per heavy atom. The van der Waals surface area contributed by atoms with Crippen molar-refractivity contribution >= 4 is 27.4 Å². The summed E-state index contributed by atoms with van der Waals surface area (Å²) in [4.78, 5) is 10.8. The van der Waals surface area contributed by atoms with E-state index in [1.807, 2.05) is 0 Å². The third kappa shape index (κ3) is 2.48. The molecular formula is C11H16N4S. The van der Waals surface area contributed by atoms with Crippen LogP contribution in [0.1, 0.15) is 17.7 Å². The van der Waals surface area contributed by atoms with Gasteiger partial charge in [-0.05, 0) is 32.4 Å². The van der Waals surface area contributed by atoms with Crippen LogP contribution in [0.3, 0.4) is 0 Å². The molecular weight excluding hydrogens is 220 g/mol. The van der Waals surface area contributed by atoms with Gasteiger partial charge in [0.1, 0.15) is 17.0 Å². The summed E-state index contributed by atoms with van der Waals surface area (Å²) < 4.78 is 0. The number of aromatic nitrogens is 2. The summed E-state index contributed by atoms with van der Waals surface area (Å²) in [6, 6.07) is 2.13. The van der Waals surface area contributed by atoms with E-state index in [1.54, 1.807) is 17.7 Å². The van der Waals surface area contributed by atoms with E-state index < -0.39 is 0 Å². The lowest BCUT2D eigenvalue weighted by molar-refractivity contribution is 0.773. The Labute approximate surface area is 98.9 Å². The highest BCUT2D eigenvalue weighted by Gasteiger charge is 2.05. The average molecular weight is 236 g/mol. The van der Waals surface area contributed by atoms with Crippen molar-refractivity contribution in [1.82, 2.24) is 9.97 Å². The Hall–Kier alpha value is -1.20. The van der Waals surface area contributed by atoms with E-state index in [4.69, 9.17) is 5.73 Å². The number of fused-ring (bicyclic) bond motifs is 1. The molecule has 86 valence electrons. The lowest BCUT2D eigenvalue weighted by Gasteiger charge is -2.05. The second kappa shape index (κ2) is 5.23. The van der Waals surface area contributed by atoms with E-state index in [0.29, 0.717) is 0 Å². The monoisotopic (exact) mass is 236 g/mol. The molecule has 2 rings (SSSR count). The van der Waals surface area contributed by atoms with Crippen molar-refractivity contribution in [1.29, 1.82) is 0 Å². The predicted molar refractivity (Wildman–Crippen MR) is 68.9 cm³/mol. The summed E-state index contributed by atoms with van der Waals surface area (Å²) in [5, 5.41) is 4.46. The Morgan fingerprint density at radius 1 is 1.38 bits per heavy atom. The fourth-order valence-corrected chi connectivity index (χ4v) is 2.44. The van der Waals surface area contributed by atoms with Gasteiger partial charge in [0.05, 0.1) is 5.39 Å². The minimum Gasteiger partial charge on any atom is -0.369 e. The molecule has 0 saturated heterocycles. The van der Waals surface area contributed by atoms with Gasteiger partial charge in [-0.2, -0.15) is 0 Å². The van der Waals surface area contributed by atoms with Crippen LogP contribution in [-0.2, 0) is 0 Å². The van der Waals surface area contributed by atoms with Crippen LogP contribution in [0.2, 0.25) is 0 Å². The van der Waals surface area contributed by atoms with Crippen LogP contribution in [0.25, 0.3) is 10.2 Å². The molecule has 4 nitrogen and oxygen atoms in total. The van der Waals surface area contributed by atoms with Gasteiger partial charge in [0.25, 0.3) is 0 Å². The van der Waals surface area contributed by atoms with Crippen molar-refractivity contribution in [3.05, 3.63) is 17.3 Å². The minimum absolute atomic E-state index is 0.748. The van der Waals surface area contributed by atoms with Gasteiger partial charge >= 0.3 is 0 Å². The summed E-state index contributed by atoms with van der Waals surface area (Å²) >= 11 is 1.70. The maximum absolute atomic E-state index is 5.45. The van der Waals surface area contributed by atoms with Crippen LogP contribution in [0, 0.1) is 6.92 Å². The Bertz CT molecular complexity index is 466. The van der Waals surface area contributed by atoms with Gasteiger partial charge in [-0.3, -0.25) is 0 Å². The van der Waals surface area contributed by atoms with Gasteiger partial charge in [0.2, 0.25) is 0 Å². The van der Waals surface area contributed by atoms with Crippen LogP contribution in [0.15, 0.2) is 12.4 Å². The number of unbranched alkanes of at least 4 members (excludes halogenated alkanes) is 1. The highest BCUT2D eigenvalue weighted by atomic mass is 32.1. The number of nitrogens with two attached hydrogens (primary N) is 1. The van der Waals surface area contributed by atoms with Gasteiger partial charge in [-0.25, -0.2) is 9.97 Å². The van der Waals surface area contributed by atoms with Crippen LogP contribution in [0.4, 0.5) is 5.82 Å². The van der Waals surface area contributed by atoms with Crippen molar-refractivity contribution in [2.45, 2.75) is 19.8 Å². The molecule has 2 aromatic rings. The normalized spacial score (nSPS) is 10.9. The Morgan fingerprint density at radius 3 is 3.06 bits per heavy atom. The molecule has 0 radical (unpaired) electrons. The summed E-state index contributed by atoms with van der Waals surface area (Å²) in [6.07, 6.45) is 3.73. The molecule has 0 unspecified atom stereocenters.